The Morgan fingerprint density at radius 2 is 1.73 bits per heavy atom. The van der Waals surface area contributed by atoms with Gasteiger partial charge in [0.1, 0.15) is 12.0 Å². The number of amides is 1. The Morgan fingerprint density at radius 1 is 1.03 bits per heavy atom. The molecule has 3 saturated heterocycles. The highest BCUT2D eigenvalue weighted by Gasteiger charge is 2.43. The standard InChI is InChI=1S/C30H39BrN2O4/c31-26-19-25(20-27(21-26)37-18-10-5-3-1-2-4-9-17-34)29(24-11-7-6-8-12-24)33(30(35)36)28-22-32-15-13-23(28)14-16-32/h6-8,11-12,17,19-21,23,28-29H,1-5,9-10,13-16,18,22H2,(H,35,36)/t28?,29-/m1/s1. The Hall–Kier alpha value is -2.38. The highest BCUT2D eigenvalue weighted by atomic mass is 79.9. The van der Waals surface area contributed by atoms with Gasteiger partial charge in [0.15, 0.2) is 0 Å². The minimum atomic E-state index is -0.872. The van der Waals surface area contributed by atoms with E-state index in [-0.39, 0.29) is 6.04 Å². The molecule has 6 nitrogen and oxygen atoms in total. The maximum Gasteiger partial charge on any atom is 0.408 e. The number of ether oxygens (including phenoxy) is 1. The predicted molar refractivity (Wildman–Crippen MR) is 149 cm³/mol. The second-order valence-electron chi connectivity index (χ2n) is 10.4. The lowest BCUT2D eigenvalue weighted by molar-refractivity contribution is -0.107. The Bertz CT molecular complexity index is 1010. The van der Waals surface area contributed by atoms with Crippen LogP contribution < -0.4 is 4.74 Å². The van der Waals surface area contributed by atoms with Crippen LogP contribution in [0.1, 0.15) is 75.0 Å². The summed E-state index contributed by atoms with van der Waals surface area (Å²) >= 11 is 3.65. The number of benzene rings is 2. The lowest BCUT2D eigenvalue weighted by Gasteiger charge is -2.50. The number of hydrogen-bond donors (Lipinski definition) is 1. The van der Waals surface area contributed by atoms with Crippen LogP contribution in [0.4, 0.5) is 4.79 Å². The molecule has 2 aromatic rings. The average Bonchev–Trinajstić information content (AvgIpc) is 2.91. The molecule has 3 aliphatic heterocycles. The van der Waals surface area contributed by atoms with Gasteiger partial charge in [-0.25, -0.2) is 4.79 Å². The maximum absolute atomic E-state index is 12.8. The van der Waals surface area contributed by atoms with Crippen LogP contribution >= 0.6 is 15.9 Å². The van der Waals surface area contributed by atoms with Gasteiger partial charge >= 0.3 is 6.09 Å². The number of nitrogens with zero attached hydrogens (tertiary/aromatic N) is 2. The van der Waals surface area contributed by atoms with E-state index in [0.717, 1.165) is 98.6 Å². The predicted octanol–water partition coefficient (Wildman–Crippen LogP) is 6.92. The largest absolute Gasteiger partial charge is 0.494 e. The van der Waals surface area contributed by atoms with E-state index in [0.29, 0.717) is 18.9 Å². The molecule has 1 amide bonds. The van der Waals surface area contributed by atoms with Gasteiger partial charge in [-0.3, -0.25) is 4.90 Å². The molecule has 3 aliphatic rings. The number of piperidine rings is 3. The summed E-state index contributed by atoms with van der Waals surface area (Å²) in [4.78, 5) is 27.4. The monoisotopic (exact) mass is 570 g/mol. The quantitative estimate of drug-likeness (QED) is 0.197. The van der Waals surface area contributed by atoms with E-state index >= 15 is 0 Å². The van der Waals surface area contributed by atoms with Gasteiger partial charge in [-0.15, -0.1) is 0 Å². The van der Waals surface area contributed by atoms with Gasteiger partial charge in [0.05, 0.1) is 18.7 Å². The molecule has 0 aromatic heterocycles. The molecule has 3 heterocycles. The van der Waals surface area contributed by atoms with E-state index in [2.05, 4.69) is 20.8 Å². The Morgan fingerprint density at radius 3 is 2.38 bits per heavy atom. The number of carbonyl (C=O) groups is 2. The lowest BCUT2D eigenvalue weighted by atomic mass is 9.81. The van der Waals surface area contributed by atoms with E-state index in [9.17, 15) is 14.7 Å². The first-order valence-corrected chi connectivity index (χ1v) is 14.5. The van der Waals surface area contributed by atoms with Crippen molar-refractivity contribution in [2.75, 3.05) is 26.2 Å². The van der Waals surface area contributed by atoms with Gasteiger partial charge in [-0.05, 0) is 74.0 Å². The van der Waals surface area contributed by atoms with Crippen molar-refractivity contribution >= 4 is 28.3 Å². The van der Waals surface area contributed by atoms with Crippen LogP contribution in [0.15, 0.2) is 53.0 Å². The molecule has 1 N–H and O–H groups in total. The number of rotatable bonds is 14. The van der Waals surface area contributed by atoms with Crippen molar-refractivity contribution in [3.63, 3.8) is 0 Å². The van der Waals surface area contributed by atoms with Crippen molar-refractivity contribution < 1.29 is 19.4 Å². The van der Waals surface area contributed by atoms with Gasteiger partial charge < -0.3 is 19.5 Å². The first-order valence-electron chi connectivity index (χ1n) is 13.7. The number of carbonyl (C=O) groups excluding carboxylic acids is 1. The SMILES string of the molecule is O=CCCCCCCCCOc1cc(Br)cc([C@@H](c2ccccc2)N(C(=O)O)C2CN3CCC2CC3)c1. The number of fused-ring (bicyclic) bond motifs is 3. The van der Waals surface area contributed by atoms with Gasteiger partial charge in [-0.1, -0.05) is 71.9 Å². The number of unbranched alkanes of at least 4 members (excludes halogenated alkanes) is 6. The van der Waals surface area contributed by atoms with Gasteiger partial charge in [-0.2, -0.15) is 0 Å². The number of hydrogen-bond acceptors (Lipinski definition) is 4. The smallest absolute Gasteiger partial charge is 0.408 e. The van der Waals surface area contributed by atoms with Crippen LogP contribution in [0.2, 0.25) is 0 Å². The summed E-state index contributed by atoms with van der Waals surface area (Å²) in [5.41, 5.74) is 1.89. The summed E-state index contributed by atoms with van der Waals surface area (Å²) in [5, 5.41) is 10.5. The molecule has 2 aromatic carbocycles. The Balaban J connectivity index is 1.49. The highest BCUT2D eigenvalue weighted by molar-refractivity contribution is 9.10. The third-order valence-corrected chi connectivity index (χ3v) is 8.25. The van der Waals surface area contributed by atoms with Crippen molar-refractivity contribution in [3.8, 4) is 5.75 Å². The molecule has 37 heavy (non-hydrogen) atoms. The zero-order valence-electron chi connectivity index (χ0n) is 21.6. The van der Waals surface area contributed by atoms with Crippen LogP contribution in [-0.2, 0) is 4.79 Å². The highest BCUT2D eigenvalue weighted by Crippen LogP contribution is 2.40. The summed E-state index contributed by atoms with van der Waals surface area (Å²) < 4.78 is 7.03. The molecule has 2 atom stereocenters. The van der Waals surface area contributed by atoms with E-state index < -0.39 is 12.1 Å². The van der Waals surface area contributed by atoms with Crippen molar-refractivity contribution in [2.45, 2.75) is 69.9 Å². The fourth-order valence-electron chi connectivity index (χ4n) is 5.89. The van der Waals surface area contributed by atoms with Crippen molar-refractivity contribution in [3.05, 3.63) is 64.1 Å². The normalized spacial score (nSPS) is 21.4. The summed E-state index contributed by atoms with van der Waals surface area (Å²) in [6.45, 7) is 3.56. The van der Waals surface area contributed by atoms with E-state index in [1.54, 1.807) is 4.90 Å². The lowest BCUT2D eigenvalue weighted by Crippen LogP contribution is -2.59. The Kier molecular flexibility index (Phi) is 10.4. The van der Waals surface area contributed by atoms with Gasteiger partial charge in [0.2, 0.25) is 0 Å². The summed E-state index contributed by atoms with van der Waals surface area (Å²) in [7, 11) is 0. The topological polar surface area (TPSA) is 70.1 Å². The zero-order chi connectivity index (χ0) is 26.0. The van der Waals surface area contributed by atoms with Crippen LogP contribution in [-0.4, -0.2) is 59.6 Å². The molecule has 0 aliphatic carbocycles. The third kappa shape index (κ3) is 7.57. The van der Waals surface area contributed by atoms with E-state index in [1.807, 2.05) is 48.5 Å². The number of halogens is 1. The van der Waals surface area contributed by atoms with Crippen molar-refractivity contribution in [2.24, 2.45) is 5.92 Å². The number of aldehydes is 1. The molecule has 7 heteroatoms. The molecular formula is C30H39BrN2O4. The first kappa shape index (κ1) is 27.6. The van der Waals surface area contributed by atoms with Crippen LogP contribution in [0.3, 0.4) is 0 Å². The molecule has 0 saturated carbocycles. The third-order valence-electron chi connectivity index (χ3n) is 7.79. The van der Waals surface area contributed by atoms with E-state index in [1.165, 1.54) is 0 Å². The molecule has 0 spiro atoms. The minimum absolute atomic E-state index is 0.0277. The fraction of sp³-hybridized carbons (Fsp3) is 0.533. The summed E-state index contributed by atoms with van der Waals surface area (Å²) in [6, 6.07) is 15.6. The number of carboxylic acid groups (broad SMARTS) is 1. The minimum Gasteiger partial charge on any atom is -0.494 e. The van der Waals surface area contributed by atoms with Gasteiger partial charge in [0.25, 0.3) is 0 Å². The summed E-state index contributed by atoms with van der Waals surface area (Å²) in [6.07, 6.45) is 9.35. The fourth-order valence-corrected chi connectivity index (χ4v) is 6.38. The van der Waals surface area contributed by atoms with Gasteiger partial charge in [0, 0.05) is 17.4 Å². The molecule has 2 bridgehead atoms. The molecule has 0 radical (unpaired) electrons. The van der Waals surface area contributed by atoms with Crippen molar-refractivity contribution in [1.82, 2.24) is 9.80 Å². The second-order valence-corrected chi connectivity index (χ2v) is 11.3. The second kappa shape index (κ2) is 14.0. The zero-order valence-corrected chi connectivity index (χ0v) is 23.2. The van der Waals surface area contributed by atoms with Crippen LogP contribution in [0.5, 0.6) is 5.75 Å². The molecule has 5 rings (SSSR count). The van der Waals surface area contributed by atoms with Crippen LogP contribution in [0.25, 0.3) is 0 Å². The van der Waals surface area contributed by atoms with E-state index in [4.69, 9.17) is 4.74 Å². The Labute approximate surface area is 229 Å². The summed E-state index contributed by atoms with van der Waals surface area (Å²) in [5.74, 6) is 1.16. The average molecular weight is 572 g/mol. The van der Waals surface area contributed by atoms with Crippen LogP contribution in [0, 0.1) is 5.92 Å². The first-order chi connectivity index (χ1) is 18.1. The molecular weight excluding hydrogens is 532 g/mol. The molecule has 200 valence electrons. The maximum atomic E-state index is 12.8. The van der Waals surface area contributed by atoms with Crippen molar-refractivity contribution in [1.29, 1.82) is 0 Å². The molecule has 3 fully saturated rings. The molecule has 1 unspecified atom stereocenters.